The first-order valence-corrected chi connectivity index (χ1v) is 11.4. The molecule has 8 heteroatoms. The van der Waals surface area contributed by atoms with E-state index in [-0.39, 0.29) is 17.1 Å². The van der Waals surface area contributed by atoms with Crippen LogP contribution in [0.15, 0.2) is 79.1 Å². The monoisotopic (exact) mass is 475 g/mol. The fourth-order valence-corrected chi connectivity index (χ4v) is 5.15. The molecule has 0 aliphatic heterocycles. The lowest BCUT2D eigenvalue weighted by atomic mass is 9.96. The van der Waals surface area contributed by atoms with E-state index in [1.807, 2.05) is 66.7 Å². The zero-order chi connectivity index (χ0) is 23.7. The van der Waals surface area contributed by atoms with Crippen LogP contribution in [0.2, 0.25) is 0 Å². The number of carboxylic acids is 1. The van der Waals surface area contributed by atoms with Gasteiger partial charge in [0.2, 0.25) is 0 Å². The molecule has 0 radical (unpaired) electrons. The van der Waals surface area contributed by atoms with Crippen molar-refractivity contribution >= 4 is 44.1 Å². The van der Waals surface area contributed by atoms with Gasteiger partial charge in [-0.3, -0.25) is 0 Å². The maximum Gasteiger partial charge on any atom is 0.326 e. The Kier molecular flexibility index (Phi) is 5.90. The highest BCUT2D eigenvalue weighted by Crippen LogP contribution is 2.46. The molecule has 34 heavy (non-hydrogen) atoms. The number of hydrogen-bond donors (Lipinski definition) is 2. The number of aromatic nitrogens is 2. The molecule has 3 aromatic carbocycles. The van der Waals surface area contributed by atoms with E-state index in [9.17, 15) is 18.7 Å². The van der Waals surface area contributed by atoms with Gasteiger partial charge >= 0.3 is 5.97 Å². The highest BCUT2D eigenvalue weighted by molar-refractivity contribution is 7.19. The van der Waals surface area contributed by atoms with Crippen LogP contribution in [0.3, 0.4) is 0 Å². The second-order valence-electron chi connectivity index (χ2n) is 7.80. The maximum atomic E-state index is 14.2. The first kappa shape index (κ1) is 21.9. The third kappa shape index (κ3) is 4.08. The molecule has 5 rings (SSSR count). The molecule has 170 valence electrons. The van der Waals surface area contributed by atoms with Crippen LogP contribution in [0.4, 0.5) is 14.6 Å². The van der Waals surface area contributed by atoms with Crippen LogP contribution in [0.1, 0.15) is 16.9 Å². The molecule has 0 saturated carbocycles. The summed E-state index contributed by atoms with van der Waals surface area (Å²) in [5.74, 6) is -0.842. The number of carbonyl (C=O) groups is 1. The van der Waals surface area contributed by atoms with Crippen molar-refractivity contribution in [1.29, 1.82) is 0 Å². The molecule has 1 unspecified atom stereocenters. The number of fused-ring (bicyclic) bond motifs is 2. The molecular formula is C26H19F2N3O2S. The standard InChI is InChI=1S/C26H19F2N3O2S/c27-23(28)22-20(18-12-6-10-16-9-4-5-11-17(16)18)21-24(29-14-30-25(21)34-22)31-19(26(32)33)13-15-7-2-1-3-8-15/h1-12,14,19,23H,13H2,(H,32,33)(H,29,30,31). The van der Waals surface area contributed by atoms with Gasteiger partial charge in [-0.15, -0.1) is 11.3 Å². The number of anilines is 1. The normalized spacial score (nSPS) is 12.3. The van der Waals surface area contributed by atoms with Crippen LogP contribution in [0, 0.1) is 0 Å². The summed E-state index contributed by atoms with van der Waals surface area (Å²) >= 11 is 0.900. The van der Waals surface area contributed by atoms with Gasteiger partial charge in [-0.05, 0) is 21.9 Å². The number of thiophene rings is 1. The summed E-state index contributed by atoms with van der Waals surface area (Å²) in [7, 11) is 0. The Labute approximate surface area is 197 Å². The summed E-state index contributed by atoms with van der Waals surface area (Å²) < 4.78 is 28.4. The van der Waals surface area contributed by atoms with Crippen LogP contribution in [-0.4, -0.2) is 27.1 Å². The Bertz CT molecular complexity index is 1480. The average molecular weight is 476 g/mol. The molecule has 1 atom stereocenters. The predicted octanol–water partition coefficient (Wildman–Crippen LogP) is 6.56. The Morgan fingerprint density at radius 3 is 2.47 bits per heavy atom. The van der Waals surface area contributed by atoms with Crippen LogP contribution >= 0.6 is 11.3 Å². The fraction of sp³-hybridized carbons (Fsp3) is 0.115. The predicted molar refractivity (Wildman–Crippen MR) is 131 cm³/mol. The van der Waals surface area contributed by atoms with E-state index in [2.05, 4.69) is 15.3 Å². The third-order valence-electron chi connectivity index (χ3n) is 5.66. The van der Waals surface area contributed by atoms with Crippen molar-refractivity contribution in [3.05, 3.63) is 89.6 Å². The van der Waals surface area contributed by atoms with Crippen molar-refractivity contribution in [3.8, 4) is 11.1 Å². The molecule has 0 aliphatic rings. The van der Waals surface area contributed by atoms with Gasteiger partial charge in [0, 0.05) is 12.0 Å². The highest BCUT2D eigenvalue weighted by atomic mass is 32.1. The molecule has 0 amide bonds. The summed E-state index contributed by atoms with van der Waals surface area (Å²) in [6.45, 7) is 0. The van der Waals surface area contributed by atoms with E-state index in [0.717, 1.165) is 27.7 Å². The van der Waals surface area contributed by atoms with Crippen LogP contribution in [-0.2, 0) is 11.2 Å². The van der Waals surface area contributed by atoms with E-state index in [0.29, 0.717) is 21.3 Å². The summed E-state index contributed by atoms with van der Waals surface area (Å²) in [6.07, 6.45) is -1.25. The zero-order valence-electron chi connectivity index (χ0n) is 17.8. The maximum absolute atomic E-state index is 14.2. The van der Waals surface area contributed by atoms with E-state index in [4.69, 9.17) is 0 Å². The molecule has 0 aliphatic carbocycles. The lowest BCUT2D eigenvalue weighted by Crippen LogP contribution is -2.32. The van der Waals surface area contributed by atoms with E-state index in [1.165, 1.54) is 6.33 Å². The molecular weight excluding hydrogens is 456 g/mol. The molecule has 2 aromatic heterocycles. The Morgan fingerprint density at radius 2 is 1.71 bits per heavy atom. The summed E-state index contributed by atoms with van der Waals surface area (Å²) in [5, 5.41) is 15.0. The number of rotatable bonds is 7. The zero-order valence-corrected chi connectivity index (χ0v) is 18.6. The molecule has 0 saturated heterocycles. The molecule has 2 heterocycles. The number of hydrogen-bond acceptors (Lipinski definition) is 5. The molecule has 2 N–H and O–H groups in total. The molecule has 0 spiro atoms. The lowest BCUT2D eigenvalue weighted by Gasteiger charge is -2.17. The number of nitrogens with one attached hydrogen (secondary N) is 1. The highest BCUT2D eigenvalue weighted by Gasteiger charge is 2.27. The third-order valence-corrected chi connectivity index (χ3v) is 6.77. The van der Waals surface area contributed by atoms with Gasteiger partial charge in [-0.2, -0.15) is 0 Å². The quantitative estimate of drug-likeness (QED) is 0.279. The van der Waals surface area contributed by atoms with Gasteiger partial charge in [0.1, 0.15) is 23.0 Å². The van der Waals surface area contributed by atoms with Gasteiger partial charge < -0.3 is 10.4 Å². The van der Waals surface area contributed by atoms with Crippen LogP contribution in [0.25, 0.3) is 32.1 Å². The minimum Gasteiger partial charge on any atom is -0.480 e. The number of aliphatic carboxylic acids is 1. The van der Waals surface area contributed by atoms with Crippen molar-refractivity contribution in [3.63, 3.8) is 0 Å². The minimum atomic E-state index is -2.72. The second-order valence-corrected chi connectivity index (χ2v) is 8.83. The van der Waals surface area contributed by atoms with Crippen molar-refractivity contribution in [2.24, 2.45) is 0 Å². The van der Waals surface area contributed by atoms with Crippen LogP contribution < -0.4 is 5.32 Å². The van der Waals surface area contributed by atoms with Gasteiger partial charge in [-0.1, -0.05) is 72.8 Å². The van der Waals surface area contributed by atoms with Crippen molar-refractivity contribution in [2.45, 2.75) is 18.9 Å². The van der Waals surface area contributed by atoms with E-state index < -0.39 is 18.4 Å². The molecule has 5 nitrogen and oxygen atoms in total. The second kappa shape index (κ2) is 9.15. The van der Waals surface area contributed by atoms with Crippen molar-refractivity contribution < 1.29 is 18.7 Å². The number of alkyl halides is 2. The van der Waals surface area contributed by atoms with Crippen molar-refractivity contribution in [2.75, 3.05) is 5.32 Å². The Hall–Kier alpha value is -3.91. The Balaban J connectivity index is 1.69. The number of halogens is 2. The largest absolute Gasteiger partial charge is 0.480 e. The van der Waals surface area contributed by atoms with E-state index in [1.54, 1.807) is 6.07 Å². The number of benzene rings is 3. The van der Waals surface area contributed by atoms with Gasteiger partial charge in [-0.25, -0.2) is 23.5 Å². The smallest absolute Gasteiger partial charge is 0.326 e. The average Bonchev–Trinajstić information content (AvgIpc) is 3.25. The van der Waals surface area contributed by atoms with E-state index >= 15 is 0 Å². The SMILES string of the molecule is O=C(O)C(Cc1ccccc1)Nc1ncnc2sc(C(F)F)c(-c3cccc4ccccc34)c12. The fourth-order valence-electron chi connectivity index (χ4n) is 4.14. The topological polar surface area (TPSA) is 75.1 Å². The van der Waals surface area contributed by atoms with Gasteiger partial charge in [0.05, 0.1) is 10.3 Å². The van der Waals surface area contributed by atoms with Crippen molar-refractivity contribution in [1.82, 2.24) is 9.97 Å². The summed E-state index contributed by atoms with van der Waals surface area (Å²) in [4.78, 5) is 20.8. The summed E-state index contributed by atoms with van der Waals surface area (Å²) in [5.41, 5.74) is 1.80. The Morgan fingerprint density at radius 1 is 0.971 bits per heavy atom. The summed E-state index contributed by atoms with van der Waals surface area (Å²) in [6, 6.07) is 21.3. The lowest BCUT2D eigenvalue weighted by molar-refractivity contribution is -0.137. The van der Waals surface area contributed by atoms with Crippen LogP contribution in [0.5, 0.6) is 0 Å². The number of nitrogens with zero attached hydrogens (tertiary/aromatic N) is 2. The number of carboxylic acid groups (broad SMARTS) is 1. The van der Waals surface area contributed by atoms with Gasteiger partial charge in [0.25, 0.3) is 6.43 Å². The molecule has 0 fully saturated rings. The first-order valence-electron chi connectivity index (χ1n) is 10.6. The molecule has 5 aromatic rings. The first-order chi connectivity index (χ1) is 16.5. The minimum absolute atomic E-state index is 0.121. The molecule has 0 bridgehead atoms. The van der Waals surface area contributed by atoms with Gasteiger partial charge in [0.15, 0.2) is 0 Å².